The number of nitrogens with zero attached hydrogens (tertiary/aromatic N) is 1. The first kappa shape index (κ1) is 20.2. The van der Waals surface area contributed by atoms with Gasteiger partial charge in [-0.2, -0.15) is 16.5 Å². The molecule has 0 bridgehead atoms. The Morgan fingerprint density at radius 2 is 1.96 bits per heavy atom. The van der Waals surface area contributed by atoms with Crippen molar-refractivity contribution in [2.45, 2.75) is 28.9 Å². The molecule has 0 aliphatic rings. The van der Waals surface area contributed by atoms with E-state index in [1.807, 2.05) is 6.07 Å². The number of rotatable bonds is 8. The molecule has 0 fully saturated rings. The summed E-state index contributed by atoms with van der Waals surface area (Å²) >= 11 is 1.34. The molecule has 2 rings (SSSR count). The Balaban J connectivity index is 2.13. The summed E-state index contributed by atoms with van der Waals surface area (Å²) in [4.78, 5) is 15.9. The number of hydroxylamine groups is 1. The molecule has 0 saturated carbocycles. The number of amides is 1. The summed E-state index contributed by atoms with van der Waals surface area (Å²) in [5, 5.41) is 17.8. The van der Waals surface area contributed by atoms with Crippen LogP contribution in [0.2, 0.25) is 0 Å². The predicted molar refractivity (Wildman–Crippen MR) is 97.1 cm³/mol. The van der Waals surface area contributed by atoms with E-state index in [1.54, 1.807) is 25.4 Å². The lowest BCUT2D eigenvalue weighted by Gasteiger charge is -2.23. The second kappa shape index (κ2) is 8.99. The highest BCUT2D eigenvalue weighted by Gasteiger charge is 2.30. The number of phenols is 1. The van der Waals surface area contributed by atoms with Crippen LogP contribution in [0.15, 0.2) is 53.7 Å². The Bertz CT molecular complexity index is 829. The molecule has 2 atom stereocenters. The van der Waals surface area contributed by atoms with E-state index in [9.17, 15) is 18.3 Å². The lowest BCUT2D eigenvalue weighted by Crippen LogP contribution is -2.50. The number of phenolic OH excluding ortho intramolecular Hbond substituents is 1. The summed E-state index contributed by atoms with van der Waals surface area (Å²) in [6, 6.07) is 7.37. The van der Waals surface area contributed by atoms with Crippen molar-refractivity contribution >= 4 is 27.7 Å². The average molecular weight is 397 g/mol. The predicted octanol–water partition coefficient (Wildman–Crippen LogP) is 1.26. The molecular formula is C16H19N3O5S2. The van der Waals surface area contributed by atoms with E-state index in [2.05, 4.69) is 9.71 Å². The maximum Gasteiger partial charge on any atom is 0.262 e. The van der Waals surface area contributed by atoms with Crippen LogP contribution in [0.25, 0.3) is 0 Å². The maximum atomic E-state index is 12.5. The number of aromatic nitrogens is 1. The Labute approximate surface area is 155 Å². The summed E-state index contributed by atoms with van der Waals surface area (Å²) in [5.41, 5.74) is 2.42. The third-order valence-electron chi connectivity index (χ3n) is 3.53. The second-order valence-electron chi connectivity index (χ2n) is 5.45. The fourth-order valence-corrected chi connectivity index (χ4v) is 4.47. The van der Waals surface area contributed by atoms with Gasteiger partial charge in [0.2, 0.25) is 10.0 Å². The molecule has 1 unspecified atom stereocenters. The van der Waals surface area contributed by atoms with Crippen molar-refractivity contribution in [2.24, 2.45) is 0 Å². The monoisotopic (exact) mass is 397 g/mol. The number of hydrogen-bond donors (Lipinski definition) is 4. The highest BCUT2D eigenvalue weighted by atomic mass is 32.2. The van der Waals surface area contributed by atoms with Crippen LogP contribution in [-0.2, 0) is 20.6 Å². The third-order valence-corrected chi connectivity index (χ3v) is 6.28. The minimum Gasteiger partial charge on any atom is -0.508 e. The smallest absolute Gasteiger partial charge is 0.262 e. The van der Waals surface area contributed by atoms with Gasteiger partial charge < -0.3 is 5.11 Å². The standard InChI is InChI=1S/C16H19N3O5S2/c1-11(25-10-12-3-2-8-17-9-12)15(16(21)18-22)19-26(23,24)14-6-4-13(20)5-7-14/h2-9,11,15,19-20,22H,10H2,1H3,(H,18,21)/t11?,15-/m1/s1. The quantitative estimate of drug-likeness (QED) is 0.390. The van der Waals surface area contributed by atoms with Gasteiger partial charge in [0, 0.05) is 23.4 Å². The van der Waals surface area contributed by atoms with Gasteiger partial charge in [0.25, 0.3) is 5.91 Å². The van der Waals surface area contributed by atoms with Crippen molar-refractivity contribution in [3.05, 3.63) is 54.4 Å². The maximum absolute atomic E-state index is 12.5. The van der Waals surface area contributed by atoms with Crippen LogP contribution in [0, 0.1) is 0 Å². The van der Waals surface area contributed by atoms with Gasteiger partial charge in [-0.15, -0.1) is 0 Å². The second-order valence-corrected chi connectivity index (χ2v) is 8.53. The van der Waals surface area contributed by atoms with Crippen LogP contribution in [0.1, 0.15) is 12.5 Å². The van der Waals surface area contributed by atoms with Crippen LogP contribution >= 0.6 is 11.8 Å². The fraction of sp³-hybridized carbons (Fsp3) is 0.250. The number of carbonyl (C=O) groups excluding carboxylic acids is 1. The van der Waals surface area contributed by atoms with Crippen LogP contribution in [-0.4, -0.2) is 40.9 Å². The number of carbonyl (C=O) groups is 1. The molecule has 8 nitrogen and oxygen atoms in total. The van der Waals surface area contributed by atoms with Gasteiger partial charge in [0.15, 0.2) is 0 Å². The van der Waals surface area contributed by atoms with Crippen molar-refractivity contribution in [3.8, 4) is 5.75 Å². The number of aromatic hydroxyl groups is 1. The normalized spacial score (nSPS) is 13.8. The molecule has 1 amide bonds. The Morgan fingerprint density at radius 3 is 2.54 bits per heavy atom. The number of thioether (sulfide) groups is 1. The largest absolute Gasteiger partial charge is 0.508 e. The molecule has 0 aliphatic heterocycles. The average Bonchev–Trinajstić information content (AvgIpc) is 2.65. The van der Waals surface area contributed by atoms with Crippen molar-refractivity contribution in [1.82, 2.24) is 15.2 Å². The molecule has 140 valence electrons. The molecule has 0 saturated heterocycles. The Morgan fingerprint density at radius 1 is 1.27 bits per heavy atom. The minimum atomic E-state index is -4.02. The topological polar surface area (TPSA) is 129 Å². The van der Waals surface area contributed by atoms with Gasteiger partial charge in [-0.3, -0.25) is 15.0 Å². The SMILES string of the molecule is CC(SCc1cccnc1)[C@@H](NS(=O)(=O)c1ccc(O)cc1)C(=O)NO. The highest BCUT2D eigenvalue weighted by Crippen LogP contribution is 2.22. The zero-order valence-corrected chi connectivity index (χ0v) is 15.5. The van der Waals surface area contributed by atoms with Crippen LogP contribution in [0.3, 0.4) is 0 Å². The Hall–Kier alpha value is -2.14. The third kappa shape index (κ3) is 5.43. The van der Waals surface area contributed by atoms with E-state index in [4.69, 9.17) is 5.21 Å². The molecule has 0 aliphatic carbocycles. The van der Waals surface area contributed by atoms with E-state index < -0.39 is 27.2 Å². The first-order valence-corrected chi connectivity index (χ1v) is 10.1. The molecular weight excluding hydrogens is 378 g/mol. The molecule has 1 aromatic carbocycles. The van der Waals surface area contributed by atoms with Crippen LogP contribution in [0.5, 0.6) is 5.75 Å². The Kier molecular flexibility index (Phi) is 6.98. The first-order chi connectivity index (χ1) is 12.3. The number of sulfonamides is 1. The molecule has 1 heterocycles. The number of nitrogens with one attached hydrogen (secondary N) is 2. The number of pyridine rings is 1. The van der Waals surface area contributed by atoms with Crippen molar-refractivity contribution in [2.75, 3.05) is 0 Å². The first-order valence-electron chi connectivity index (χ1n) is 7.59. The molecule has 26 heavy (non-hydrogen) atoms. The van der Waals surface area contributed by atoms with Gasteiger partial charge in [0.05, 0.1) is 4.90 Å². The lowest BCUT2D eigenvalue weighted by molar-refractivity contribution is -0.130. The van der Waals surface area contributed by atoms with E-state index in [-0.39, 0.29) is 10.6 Å². The molecule has 1 aromatic heterocycles. The number of benzene rings is 1. The summed E-state index contributed by atoms with van der Waals surface area (Å²) in [5.74, 6) is -0.418. The van der Waals surface area contributed by atoms with Gasteiger partial charge in [-0.1, -0.05) is 13.0 Å². The van der Waals surface area contributed by atoms with Gasteiger partial charge >= 0.3 is 0 Å². The van der Waals surface area contributed by atoms with E-state index in [0.29, 0.717) is 5.75 Å². The van der Waals surface area contributed by atoms with Crippen molar-refractivity contribution in [1.29, 1.82) is 0 Å². The molecule has 0 radical (unpaired) electrons. The van der Waals surface area contributed by atoms with E-state index in [1.165, 1.54) is 41.5 Å². The van der Waals surface area contributed by atoms with Crippen LogP contribution in [0.4, 0.5) is 0 Å². The summed E-state index contributed by atoms with van der Waals surface area (Å²) in [7, 11) is -4.02. The summed E-state index contributed by atoms with van der Waals surface area (Å²) in [6.07, 6.45) is 3.33. The van der Waals surface area contributed by atoms with Crippen molar-refractivity contribution < 1.29 is 23.5 Å². The zero-order chi connectivity index (χ0) is 19.2. The number of hydrogen-bond acceptors (Lipinski definition) is 7. The molecule has 10 heteroatoms. The van der Waals surface area contributed by atoms with E-state index in [0.717, 1.165) is 5.56 Å². The summed E-state index contributed by atoms with van der Waals surface area (Å²) < 4.78 is 27.3. The lowest BCUT2D eigenvalue weighted by atomic mass is 10.2. The zero-order valence-electron chi connectivity index (χ0n) is 13.9. The van der Waals surface area contributed by atoms with Gasteiger partial charge in [-0.25, -0.2) is 13.9 Å². The molecule has 0 spiro atoms. The fourth-order valence-electron chi connectivity index (χ4n) is 2.10. The van der Waals surface area contributed by atoms with Gasteiger partial charge in [0.1, 0.15) is 11.8 Å². The summed E-state index contributed by atoms with van der Waals surface area (Å²) in [6.45, 7) is 1.68. The van der Waals surface area contributed by atoms with Crippen molar-refractivity contribution in [3.63, 3.8) is 0 Å². The minimum absolute atomic E-state index is 0.0750. The van der Waals surface area contributed by atoms with Crippen LogP contribution < -0.4 is 10.2 Å². The molecule has 2 aromatic rings. The highest BCUT2D eigenvalue weighted by molar-refractivity contribution is 7.99. The molecule has 4 N–H and O–H groups in total. The van der Waals surface area contributed by atoms with Gasteiger partial charge in [-0.05, 0) is 35.9 Å². The van der Waals surface area contributed by atoms with E-state index >= 15 is 0 Å².